The second-order valence-corrected chi connectivity index (χ2v) is 7.54. The maximum atomic E-state index is 13.0. The SMILES string of the molecule is CNS(=O)(=O)c1cccc(C(C)Nc2ccc3nnc(C(F)(F)F)n3n2)c1. The molecule has 0 aliphatic rings. The Morgan fingerprint density at radius 2 is 1.89 bits per heavy atom. The van der Waals surface area contributed by atoms with Crippen molar-refractivity contribution in [1.29, 1.82) is 0 Å². The molecule has 27 heavy (non-hydrogen) atoms. The van der Waals surface area contributed by atoms with Crippen LogP contribution in [0.4, 0.5) is 19.0 Å². The van der Waals surface area contributed by atoms with Gasteiger partial charge >= 0.3 is 6.18 Å². The lowest BCUT2D eigenvalue weighted by Crippen LogP contribution is -2.19. The Bertz CT molecular complexity index is 1080. The number of aromatic nitrogens is 4. The molecule has 1 atom stereocenters. The number of nitrogens with one attached hydrogen (secondary N) is 2. The van der Waals surface area contributed by atoms with Gasteiger partial charge in [0.25, 0.3) is 5.82 Å². The van der Waals surface area contributed by atoms with Gasteiger partial charge in [-0.1, -0.05) is 12.1 Å². The van der Waals surface area contributed by atoms with Gasteiger partial charge < -0.3 is 5.32 Å². The summed E-state index contributed by atoms with van der Waals surface area (Å²) in [6.07, 6.45) is -4.69. The van der Waals surface area contributed by atoms with Crippen molar-refractivity contribution in [3.05, 3.63) is 47.8 Å². The summed E-state index contributed by atoms with van der Waals surface area (Å²) in [5.74, 6) is -1.07. The standard InChI is InChI=1S/C15H15F3N6O2S/c1-9(10-4-3-5-11(8-10)27(25,26)19-2)20-12-6-7-13-21-22-14(15(16,17)18)24(13)23-12/h3-9,19H,1-2H3,(H,20,23). The fourth-order valence-electron chi connectivity index (χ4n) is 2.42. The fourth-order valence-corrected chi connectivity index (χ4v) is 3.20. The van der Waals surface area contributed by atoms with Gasteiger partial charge in [0.15, 0.2) is 5.65 Å². The Morgan fingerprint density at radius 1 is 1.15 bits per heavy atom. The normalized spacial score (nSPS) is 13.7. The van der Waals surface area contributed by atoms with E-state index >= 15 is 0 Å². The maximum absolute atomic E-state index is 13.0. The van der Waals surface area contributed by atoms with Crippen LogP contribution in [0, 0.1) is 0 Å². The highest BCUT2D eigenvalue weighted by atomic mass is 32.2. The van der Waals surface area contributed by atoms with Crippen LogP contribution in [0.1, 0.15) is 24.4 Å². The largest absolute Gasteiger partial charge is 0.453 e. The van der Waals surface area contributed by atoms with Crippen LogP contribution >= 0.6 is 0 Å². The van der Waals surface area contributed by atoms with Crippen LogP contribution in [-0.2, 0) is 16.2 Å². The number of hydrogen-bond acceptors (Lipinski definition) is 6. The molecule has 3 rings (SSSR count). The van der Waals surface area contributed by atoms with E-state index in [4.69, 9.17) is 0 Å². The summed E-state index contributed by atoms with van der Waals surface area (Å²) in [7, 11) is -2.30. The lowest BCUT2D eigenvalue weighted by molar-refractivity contribution is -0.146. The van der Waals surface area contributed by atoms with E-state index in [1.54, 1.807) is 19.1 Å². The molecule has 0 amide bonds. The van der Waals surface area contributed by atoms with Crippen molar-refractivity contribution in [3.8, 4) is 0 Å². The van der Waals surface area contributed by atoms with Crippen LogP contribution in [0.3, 0.4) is 0 Å². The van der Waals surface area contributed by atoms with E-state index in [1.165, 1.54) is 31.3 Å². The van der Waals surface area contributed by atoms with Crippen molar-refractivity contribution in [2.45, 2.75) is 24.0 Å². The second kappa shape index (κ2) is 6.78. The molecule has 3 aromatic rings. The third kappa shape index (κ3) is 3.85. The summed E-state index contributed by atoms with van der Waals surface area (Å²) in [5.41, 5.74) is 0.579. The number of rotatable bonds is 5. The number of sulfonamides is 1. The monoisotopic (exact) mass is 400 g/mol. The van der Waals surface area contributed by atoms with Crippen LogP contribution < -0.4 is 10.0 Å². The lowest BCUT2D eigenvalue weighted by Gasteiger charge is -2.16. The first kappa shape index (κ1) is 19.0. The molecule has 0 radical (unpaired) electrons. The van der Waals surface area contributed by atoms with E-state index < -0.39 is 28.1 Å². The van der Waals surface area contributed by atoms with Crippen LogP contribution in [0.2, 0.25) is 0 Å². The summed E-state index contributed by atoms with van der Waals surface area (Å²) in [6, 6.07) is 8.59. The van der Waals surface area contributed by atoms with Crippen LogP contribution in [0.25, 0.3) is 5.65 Å². The zero-order chi connectivity index (χ0) is 19.8. The molecule has 0 fully saturated rings. The number of benzene rings is 1. The minimum atomic E-state index is -4.69. The van der Waals surface area contributed by atoms with Gasteiger partial charge in [-0.25, -0.2) is 13.1 Å². The van der Waals surface area contributed by atoms with E-state index in [9.17, 15) is 21.6 Å². The highest BCUT2D eigenvalue weighted by Gasteiger charge is 2.37. The Kier molecular flexibility index (Phi) is 4.78. The first-order chi connectivity index (χ1) is 12.6. The minimum Gasteiger partial charge on any atom is -0.362 e. The molecular weight excluding hydrogens is 385 g/mol. The predicted molar refractivity (Wildman–Crippen MR) is 90.5 cm³/mol. The van der Waals surface area contributed by atoms with Gasteiger partial charge in [-0.2, -0.15) is 17.7 Å². The van der Waals surface area contributed by atoms with Crippen LogP contribution in [0.5, 0.6) is 0 Å². The topological polar surface area (TPSA) is 101 Å². The number of halogens is 3. The van der Waals surface area contributed by atoms with Crippen molar-refractivity contribution < 1.29 is 21.6 Å². The molecule has 0 aliphatic heterocycles. The highest BCUT2D eigenvalue weighted by molar-refractivity contribution is 7.89. The van der Waals surface area contributed by atoms with E-state index in [0.717, 1.165) is 0 Å². The molecule has 0 saturated heterocycles. The van der Waals surface area contributed by atoms with Crippen molar-refractivity contribution in [2.24, 2.45) is 0 Å². The van der Waals surface area contributed by atoms with E-state index in [0.29, 0.717) is 10.1 Å². The zero-order valence-corrected chi connectivity index (χ0v) is 15.0. The molecule has 2 heterocycles. The molecule has 2 aromatic heterocycles. The number of anilines is 1. The molecule has 1 unspecified atom stereocenters. The molecule has 2 N–H and O–H groups in total. The predicted octanol–water partition coefficient (Wildman–Crippen LogP) is 2.22. The van der Waals surface area contributed by atoms with Crippen molar-refractivity contribution in [2.75, 3.05) is 12.4 Å². The molecule has 0 aliphatic carbocycles. The Morgan fingerprint density at radius 3 is 2.56 bits per heavy atom. The highest BCUT2D eigenvalue weighted by Crippen LogP contribution is 2.28. The summed E-state index contributed by atoms with van der Waals surface area (Å²) < 4.78 is 65.5. The molecule has 0 bridgehead atoms. The number of fused-ring (bicyclic) bond motifs is 1. The summed E-state index contributed by atoms with van der Waals surface area (Å²) in [5, 5.41) is 13.4. The summed E-state index contributed by atoms with van der Waals surface area (Å²) in [6.45, 7) is 1.73. The van der Waals surface area contributed by atoms with Crippen LogP contribution in [-0.4, -0.2) is 35.3 Å². The molecule has 1 aromatic carbocycles. The Balaban J connectivity index is 1.90. The molecule has 8 nitrogen and oxygen atoms in total. The van der Waals surface area contributed by atoms with Gasteiger partial charge in [-0.15, -0.1) is 15.3 Å². The minimum absolute atomic E-state index is 0.0392. The number of alkyl halides is 3. The second-order valence-electron chi connectivity index (χ2n) is 5.66. The summed E-state index contributed by atoms with van der Waals surface area (Å²) >= 11 is 0. The van der Waals surface area contributed by atoms with Gasteiger partial charge in [-0.3, -0.25) is 0 Å². The third-order valence-electron chi connectivity index (χ3n) is 3.82. The van der Waals surface area contributed by atoms with Gasteiger partial charge in [0.1, 0.15) is 5.82 Å². The third-order valence-corrected chi connectivity index (χ3v) is 5.23. The number of hydrogen-bond donors (Lipinski definition) is 2. The van der Waals surface area contributed by atoms with Crippen molar-refractivity contribution in [1.82, 2.24) is 24.5 Å². The Hall–Kier alpha value is -2.73. The average Bonchev–Trinajstić information content (AvgIpc) is 3.05. The number of nitrogens with zero attached hydrogens (tertiary/aromatic N) is 4. The fraction of sp³-hybridized carbons (Fsp3) is 0.267. The van der Waals surface area contributed by atoms with Gasteiger partial charge in [0, 0.05) is 0 Å². The van der Waals surface area contributed by atoms with Crippen molar-refractivity contribution in [3.63, 3.8) is 0 Å². The Labute approximate surface area is 152 Å². The van der Waals surface area contributed by atoms with Gasteiger partial charge in [0.05, 0.1) is 10.9 Å². The van der Waals surface area contributed by atoms with Crippen molar-refractivity contribution >= 4 is 21.5 Å². The first-order valence-corrected chi connectivity index (χ1v) is 9.20. The molecular formula is C15H15F3N6O2S. The van der Waals surface area contributed by atoms with Crippen LogP contribution in [0.15, 0.2) is 41.3 Å². The maximum Gasteiger partial charge on any atom is 0.453 e. The van der Waals surface area contributed by atoms with Gasteiger partial charge in [0.2, 0.25) is 10.0 Å². The van der Waals surface area contributed by atoms with E-state index in [2.05, 4.69) is 25.3 Å². The van der Waals surface area contributed by atoms with E-state index in [-0.39, 0.29) is 16.4 Å². The lowest BCUT2D eigenvalue weighted by atomic mass is 10.1. The smallest absolute Gasteiger partial charge is 0.362 e. The average molecular weight is 400 g/mol. The molecule has 0 spiro atoms. The first-order valence-electron chi connectivity index (χ1n) is 7.71. The molecule has 144 valence electrons. The molecule has 12 heteroatoms. The van der Waals surface area contributed by atoms with Gasteiger partial charge in [-0.05, 0) is 43.8 Å². The zero-order valence-electron chi connectivity index (χ0n) is 14.2. The summed E-state index contributed by atoms with van der Waals surface area (Å²) in [4.78, 5) is 0.0812. The van der Waals surface area contributed by atoms with E-state index in [1.807, 2.05) is 0 Å². The molecule has 0 saturated carbocycles. The quantitative estimate of drug-likeness (QED) is 0.681.